The van der Waals surface area contributed by atoms with Crippen molar-refractivity contribution in [3.8, 4) is 5.75 Å². The number of Topliss-reactive ketones (excluding diaryl/α,β-unsaturated/α-hetero) is 1. The van der Waals surface area contributed by atoms with Gasteiger partial charge in [0.25, 0.3) is 0 Å². The molecule has 0 aromatic heterocycles. The van der Waals surface area contributed by atoms with Gasteiger partial charge >= 0.3 is 0 Å². The zero-order valence-corrected chi connectivity index (χ0v) is 12.5. The molecule has 1 aliphatic rings. The first kappa shape index (κ1) is 14.4. The molecule has 2 aromatic rings. The number of hydrogen-bond acceptors (Lipinski definition) is 2. The normalized spacial score (nSPS) is 12.9. The van der Waals surface area contributed by atoms with Crippen LogP contribution in [0.1, 0.15) is 21.5 Å². The Morgan fingerprint density at radius 3 is 2.81 bits per heavy atom. The summed E-state index contributed by atoms with van der Waals surface area (Å²) in [7, 11) is 0. The lowest BCUT2D eigenvalue weighted by Gasteiger charge is -2.09. The highest BCUT2D eigenvalue weighted by atomic mass is 35.5. The van der Waals surface area contributed by atoms with Crippen LogP contribution in [-0.4, -0.2) is 12.4 Å². The van der Waals surface area contributed by atoms with Gasteiger partial charge in [-0.3, -0.25) is 4.79 Å². The molecule has 108 valence electrons. The Morgan fingerprint density at radius 1 is 1.24 bits per heavy atom. The van der Waals surface area contributed by atoms with E-state index in [-0.39, 0.29) is 17.2 Å². The van der Waals surface area contributed by atoms with Crippen LogP contribution in [0.3, 0.4) is 0 Å². The van der Waals surface area contributed by atoms with E-state index in [1.807, 2.05) is 6.07 Å². The number of rotatable bonds is 3. The molecule has 1 aliphatic heterocycles. The summed E-state index contributed by atoms with van der Waals surface area (Å²) in [6.07, 6.45) is 0.935. The number of hydrogen-bond donors (Lipinski definition) is 0. The summed E-state index contributed by atoms with van der Waals surface area (Å²) in [4.78, 5) is 12.3. The van der Waals surface area contributed by atoms with E-state index in [1.165, 1.54) is 18.2 Å². The van der Waals surface area contributed by atoms with Crippen molar-refractivity contribution in [1.82, 2.24) is 0 Å². The van der Waals surface area contributed by atoms with Gasteiger partial charge in [-0.1, -0.05) is 23.2 Å². The van der Waals surface area contributed by atoms with Gasteiger partial charge in [0.2, 0.25) is 0 Å². The highest BCUT2D eigenvalue weighted by Crippen LogP contribution is 2.33. The summed E-state index contributed by atoms with van der Waals surface area (Å²) < 4.78 is 18.7. The van der Waals surface area contributed by atoms with Gasteiger partial charge in [0.15, 0.2) is 5.78 Å². The minimum absolute atomic E-state index is 0.0616. The van der Waals surface area contributed by atoms with Crippen LogP contribution in [0.4, 0.5) is 4.39 Å². The van der Waals surface area contributed by atoms with Crippen molar-refractivity contribution in [3.05, 3.63) is 62.9 Å². The number of ether oxygens (including phenoxy) is 1. The van der Waals surface area contributed by atoms with Crippen molar-refractivity contribution >= 4 is 29.0 Å². The Bertz CT molecular complexity index is 728. The predicted molar refractivity (Wildman–Crippen MR) is 80.1 cm³/mol. The monoisotopic (exact) mass is 324 g/mol. The average molecular weight is 325 g/mol. The summed E-state index contributed by atoms with van der Waals surface area (Å²) >= 11 is 11.8. The molecule has 0 amide bonds. The van der Waals surface area contributed by atoms with Gasteiger partial charge in [0.05, 0.1) is 11.6 Å². The molecule has 0 spiro atoms. The Hall–Kier alpha value is -1.58. The number of fused-ring (bicyclic) bond motifs is 1. The van der Waals surface area contributed by atoms with E-state index in [4.69, 9.17) is 27.9 Å². The van der Waals surface area contributed by atoms with E-state index < -0.39 is 5.82 Å². The van der Waals surface area contributed by atoms with E-state index in [0.717, 1.165) is 23.3 Å². The zero-order chi connectivity index (χ0) is 15.0. The number of ketones is 1. The van der Waals surface area contributed by atoms with Gasteiger partial charge in [0.1, 0.15) is 11.6 Å². The van der Waals surface area contributed by atoms with Crippen LogP contribution in [0, 0.1) is 5.82 Å². The van der Waals surface area contributed by atoms with Crippen molar-refractivity contribution in [2.45, 2.75) is 12.8 Å². The Morgan fingerprint density at radius 2 is 2.05 bits per heavy atom. The molecule has 0 atom stereocenters. The van der Waals surface area contributed by atoms with Gasteiger partial charge < -0.3 is 4.74 Å². The fourth-order valence-electron chi connectivity index (χ4n) is 2.42. The molecule has 0 unspecified atom stereocenters. The maximum Gasteiger partial charge on any atom is 0.167 e. The Kier molecular flexibility index (Phi) is 3.87. The van der Waals surface area contributed by atoms with E-state index >= 15 is 0 Å². The summed E-state index contributed by atoms with van der Waals surface area (Å²) in [5, 5.41) is 0.521. The third-order valence-corrected chi connectivity index (χ3v) is 3.93. The van der Waals surface area contributed by atoms with Crippen LogP contribution in [0.2, 0.25) is 10.0 Å². The van der Waals surface area contributed by atoms with Gasteiger partial charge in [-0.05, 0) is 35.9 Å². The second-order valence-electron chi connectivity index (χ2n) is 4.88. The van der Waals surface area contributed by atoms with Crippen LogP contribution < -0.4 is 4.74 Å². The number of carbonyl (C=O) groups excluding carboxylic acids is 1. The van der Waals surface area contributed by atoms with Crippen molar-refractivity contribution < 1.29 is 13.9 Å². The average Bonchev–Trinajstić information content (AvgIpc) is 2.90. The minimum atomic E-state index is -0.541. The first-order valence-electron chi connectivity index (χ1n) is 6.47. The van der Waals surface area contributed by atoms with Crippen LogP contribution >= 0.6 is 23.2 Å². The maximum atomic E-state index is 13.1. The highest BCUT2D eigenvalue weighted by Gasteiger charge is 2.20. The van der Waals surface area contributed by atoms with Crippen LogP contribution in [0.25, 0.3) is 0 Å². The molecule has 0 aliphatic carbocycles. The molecule has 21 heavy (non-hydrogen) atoms. The molecule has 2 nitrogen and oxygen atoms in total. The Balaban J connectivity index is 1.90. The summed E-state index contributed by atoms with van der Waals surface area (Å²) in [6.45, 7) is 0.596. The van der Waals surface area contributed by atoms with E-state index in [0.29, 0.717) is 17.2 Å². The summed E-state index contributed by atoms with van der Waals surface area (Å²) in [6, 6.07) is 7.54. The molecule has 0 saturated heterocycles. The fraction of sp³-hybridized carbons (Fsp3) is 0.188. The van der Waals surface area contributed by atoms with E-state index in [9.17, 15) is 9.18 Å². The lowest BCUT2D eigenvalue weighted by molar-refractivity contribution is 0.0992. The fourth-order valence-corrected chi connectivity index (χ4v) is 2.87. The molecular formula is C16H11Cl2FO2. The van der Waals surface area contributed by atoms with Crippen molar-refractivity contribution in [2.24, 2.45) is 0 Å². The van der Waals surface area contributed by atoms with Crippen molar-refractivity contribution in [2.75, 3.05) is 6.61 Å². The van der Waals surface area contributed by atoms with Gasteiger partial charge in [0, 0.05) is 29.0 Å². The molecule has 0 N–H and O–H groups in total. The number of halogens is 3. The first-order valence-corrected chi connectivity index (χ1v) is 7.22. The molecule has 5 heteroatoms. The smallest absolute Gasteiger partial charge is 0.167 e. The predicted octanol–water partition coefficient (Wildman–Crippen LogP) is 4.49. The van der Waals surface area contributed by atoms with Crippen molar-refractivity contribution in [1.29, 1.82) is 0 Å². The highest BCUT2D eigenvalue weighted by molar-refractivity contribution is 6.31. The molecule has 0 saturated carbocycles. The molecule has 0 radical (unpaired) electrons. The second kappa shape index (κ2) is 5.66. The lowest BCUT2D eigenvalue weighted by Crippen LogP contribution is -2.05. The molecule has 1 heterocycles. The molecule has 0 bridgehead atoms. The minimum Gasteiger partial charge on any atom is -0.493 e. The Labute approximate surface area is 131 Å². The van der Waals surface area contributed by atoms with Gasteiger partial charge in [-0.2, -0.15) is 0 Å². The van der Waals surface area contributed by atoms with Gasteiger partial charge in [-0.15, -0.1) is 0 Å². The van der Waals surface area contributed by atoms with Gasteiger partial charge in [-0.25, -0.2) is 4.39 Å². The quantitative estimate of drug-likeness (QED) is 0.777. The third-order valence-electron chi connectivity index (χ3n) is 3.42. The summed E-state index contributed by atoms with van der Waals surface area (Å²) in [5.74, 6) is 0.0398. The zero-order valence-electron chi connectivity index (χ0n) is 11.0. The SMILES string of the molecule is O=C(Cc1cc(Cl)cc2c1OCC2)c1ccc(F)c(Cl)c1. The topological polar surface area (TPSA) is 26.3 Å². The van der Waals surface area contributed by atoms with Crippen LogP contribution in [-0.2, 0) is 12.8 Å². The van der Waals surface area contributed by atoms with E-state index in [2.05, 4.69) is 0 Å². The maximum absolute atomic E-state index is 13.1. The van der Waals surface area contributed by atoms with E-state index in [1.54, 1.807) is 6.07 Å². The summed E-state index contributed by atoms with van der Waals surface area (Å²) in [5.41, 5.74) is 2.14. The lowest BCUT2D eigenvalue weighted by atomic mass is 10.00. The standard InChI is InChI=1S/C16H11Cl2FO2/c17-12-5-10-3-4-21-16(10)11(6-12)8-15(20)9-1-2-14(19)13(18)7-9/h1-2,5-7H,3-4,8H2. The first-order chi connectivity index (χ1) is 10.0. The molecule has 0 fully saturated rings. The molecular weight excluding hydrogens is 314 g/mol. The number of carbonyl (C=O) groups is 1. The molecule has 3 rings (SSSR count). The second-order valence-corrected chi connectivity index (χ2v) is 5.72. The largest absolute Gasteiger partial charge is 0.493 e. The number of benzene rings is 2. The molecule has 2 aromatic carbocycles. The third kappa shape index (κ3) is 2.89. The van der Waals surface area contributed by atoms with Crippen LogP contribution in [0.5, 0.6) is 5.75 Å². The van der Waals surface area contributed by atoms with Crippen molar-refractivity contribution in [3.63, 3.8) is 0 Å². The van der Waals surface area contributed by atoms with Crippen LogP contribution in [0.15, 0.2) is 30.3 Å².